The fraction of sp³-hybridized carbons (Fsp3) is 0.0625. The maximum atomic E-state index is 12.7. The maximum absolute atomic E-state index is 12.7. The minimum absolute atomic E-state index is 0.0631. The molecule has 1 N–H and O–H groups in total. The Morgan fingerprint density at radius 2 is 2.05 bits per heavy atom. The van der Waals surface area contributed by atoms with E-state index in [0.717, 1.165) is 10.9 Å². The summed E-state index contributed by atoms with van der Waals surface area (Å²) in [6.07, 6.45) is 1.72. The molecule has 0 atom stereocenters. The predicted octanol–water partition coefficient (Wildman–Crippen LogP) is 4.82. The van der Waals surface area contributed by atoms with Gasteiger partial charge in [-0.1, -0.05) is 11.6 Å². The zero-order valence-electron chi connectivity index (χ0n) is 11.1. The Bertz CT molecular complexity index is 841. The number of halogens is 2. The van der Waals surface area contributed by atoms with Crippen LogP contribution in [0.15, 0.2) is 47.1 Å². The molecular formula is C16H11BrClNO2. The molecule has 0 fully saturated rings. The molecule has 0 saturated carbocycles. The fourth-order valence-electron chi connectivity index (χ4n) is 2.21. The van der Waals surface area contributed by atoms with E-state index in [4.69, 9.17) is 16.3 Å². The Morgan fingerprint density at radius 3 is 2.76 bits per heavy atom. The number of carbonyl (C=O) groups is 1. The standard InChI is InChI=1S/C16H11BrClNO2/c1-21-10-3-5-15-11(7-10)12(8-19-15)16(20)9-2-4-14(18)13(17)6-9/h2-8,19H,1H3. The lowest BCUT2D eigenvalue weighted by Gasteiger charge is -2.03. The Kier molecular flexibility index (Phi) is 3.74. The molecule has 21 heavy (non-hydrogen) atoms. The van der Waals surface area contributed by atoms with E-state index in [1.807, 2.05) is 18.2 Å². The highest BCUT2D eigenvalue weighted by molar-refractivity contribution is 9.10. The van der Waals surface area contributed by atoms with Crippen LogP contribution in [0.5, 0.6) is 5.75 Å². The van der Waals surface area contributed by atoms with Gasteiger partial charge < -0.3 is 9.72 Å². The van der Waals surface area contributed by atoms with Crippen LogP contribution in [0.3, 0.4) is 0 Å². The smallest absolute Gasteiger partial charge is 0.195 e. The van der Waals surface area contributed by atoms with Crippen molar-refractivity contribution in [3.63, 3.8) is 0 Å². The normalized spacial score (nSPS) is 10.8. The van der Waals surface area contributed by atoms with Crippen molar-refractivity contribution in [3.8, 4) is 5.75 Å². The maximum Gasteiger partial charge on any atom is 0.195 e. The summed E-state index contributed by atoms with van der Waals surface area (Å²) in [5.41, 5.74) is 2.08. The molecule has 3 aromatic rings. The third-order valence-electron chi connectivity index (χ3n) is 3.32. The van der Waals surface area contributed by atoms with Gasteiger partial charge in [0.15, 0.2) is 5.78 Å². The quantitative estimate of drug-likeness (QED) is 0.677. The lowest BCUT2D eigenvalue weighted by atomic mass is 10.0. The predicted molar refractivity (Wildman–Crippen MR) is 87.4 cm³/mol. The Morgan fingerprint density at radius 1 is 1.24 bits per heavy atom. The first-order valence-electron chi connectivity index (χ1n) is 6.25. The van der Waals surface area contributed by atoms with Crippen molar-refractivity contribution in [1.29, 1.82) is 0 Å². The number of rotatable bonds is 3. The first-order chi connectivity index (χ1) is 10.1. The molecule has 1 heterocycles. The number of H-pyrrole nitrogens is 1. The van der Waals surface area contributed by atoms with Gasteiger partial charge in [-0.15, -0.1) is 0 Å². The van der Waals surface area contributed by atoms with Gasteiger partial charge in [-0.25, -0.2) is 0 Å². The number of hydrogen-bond acceptors (Lipinski definition) is 2. The largest absolute Gasteiger partial charge is 0.497 e. The summed E-state index contributed by atoms with van der Waals surface area (Å²) in [5, 5.41) is 1.41. The Labute approximate surface area is 135 Å². The second kappa shape index (κ2) is 5.54. The van der Waals surface area contributed by atoms with E-state index in [1.165, 1.54) is 0 Å². The number of aromatic amines is 1. The molecule has 0 aliphatic rings. The lowest BCUT2D eigenvalue weighted by Crippen LogP contribution is -2.00. The van der Waals surface area contributed by atoms with E-state index < -0.39 is 0 Å². The molecule has 2 aromatic carbocycles. The van der Waals surface area contributed by atoms with Crippen LogP contribution in [0, 0.1) is 0 Å². The van der Waals surface area contributed by atoms with Crippen molar-refractivity contribution >= 4 is 44.2 Å². The second-order valence-electron chi connectivity index (χ2n) is 4.57. The van der Waals surface area contributed by atoms with Gasteiger partial charge in [-0.05, 0) is 52.3 Å². The number of hydrogen-bond donors (Lipinski definition) is 1. The minimum atomic E-state index is -0.0631. The van der Waals surface area contributed by atoms with Gasteiger partial charge in [0, 0.05) is 32.7 Å². The van der Waals surface area contributed by atoms with Gasteiger partial charge in [-0.2, -0.15) is 0 Å². The van der Waals surface area contributed by atoms with Crippen molar-refractivity contribution in [2.75, 3.05) is 7.11 Å². The van der Waals surface area contributed by atoms with Crippen LogP contribution in [0.2, 0.25) is 5.02 Å². The summed E-state index contributed by atoms with van der Waals surface area (Å²) in [6, 6.07) is 10.7. The van der Waals surface area contributed by atoms with Crippen LogP contribution >= 0.6 is 27.5 Å². The van der Waals surface area contributed by atoms with Crippen LogP contribution in [-0.2, 0) is 0 Å². The average Bonchev–Trinajstić information content (AvgIpc) is 2.92. The van der Waals surface area contributed by atoms with Gasteiger partial charge in [0.05, 0.1) is 12.1 Å². The summed E-state index contributed by atoms with van der Waals surface area (Å²) >= 11 is 9.30. The summed E-state index contributed by atoms with van der Waals surface area (Å²) in [7, 11) is 1.60. The van der Waals surface area contributed by atoms with Crippen LogP contribution in [0.25, 0.3) is 10.9 Å². The molecule has 0 unspecified atom stereocenters. The van der Waals surface area contributed by atoms with E-state index in [1.54, 1.807) is 31.5 Å². The van der Waals surface area contributed by atoms with E-state index in [0.29, 0.717) is 26.4 Å². The first kappa shape index (κ1) is 14.2. The van der Waals surface area contributed by atoms with E-state index >= 15 is 0 Å². The molecule has 0 amide bonds. The molecule has 0 bridgehead atoms. The highest BCUT2D eigenvalue weighted by Crippen LogP contribution is 2.28. The molecule has 3 rings (SSSR count). The van der Waals surface area contributed by atoms with Gasteiger partial charge in [0.2, 0.25) is 0 Å². The van der Waals surface area contributed by atoms with Crippen molar-refractivity contribution in [2.24, 2.45) is 0 Å². The van der Waals surface area contributed by atoms with Gasteiger partial charge in [-0.3, -0.25) is 4.79 Å². The third kappa shape index (κ3) is 2.57. The molecular weight excluding hydrogens is 354 g/mol. The number of nitrogens with one attached hydrogen (secondary N) is 1. The summed E-state index contributed by atoms with van der Waals surface area (Å²) < 4.78 is 5.92. The molecule has 0 saturated heterocycles. The Hall–Kier alpha value is -1.78. The third-order valence-corrected chi connectivity index (χ3v) is 4.53. The molecule has 0 spiro atoms. The Balaban J connectivity index is 2.10. The van der Waals surface area contributed by atoms with Crippen LogP contribution in [0.4, 0.5) is 0 Å². The topological polar surface area (TPSA) is 42.1 Å². The highest BCUT2D eigenvalue weighted by Gasteiger charge is 2.15. The van der Waals surface area contributed by atoms with Crippen molar-refractivity contribution in [1.82, 2.24) is 4.98 Å². The fourth-order valence-corrected chi connectivity index (χ4v) is 2.70. The van der Waals surface area contributed by atoms with Gasteiger partial charge in [0.25, 0.3) is 0 Å². The molecule has 0 radical (unpaired) electrons. The highest BCUT2D eigenvalue weighted by atomic mass is 79.9. The number of fused-ring (bicyclic) bond motifs is 1. The van der Waals surface area contributed by atoms with Gasteiger partial charge in [0.1, 0.15) is 5.75 Å². The molecule has 5 heteroatoms. The zero-order valence-corrected chi connectivity index (χ0v) is 13.5. The van der Waals surface area contributed by atoms with Crippen LogP contribution < -0.4 is 4.74 Å². The average molecular weight is 365 g/mol. The van der Waals surface area contributed by atoms with Crippen molar-refractivity contribution < 1.29 is 9.53 Å². The molecule has 0 aliphatic heterocycles. The number of aromatic nitrogens is 1. The summed E-state index contributed by atoms with van der Waals surface area (Å²) in [4.78, 5) is 15.8. The van der Waals surface area contributed by atoms with Crippen molar-refractivity contribution in [3.05, 3.63) is 63.2 Å². The van der Waals surface area contributed by atoms with Crippen LogP contribution in [0.1, 0.15) is 15.9 Å². The molecule has 0 aliphatic carbocycles. The molecule has 106 valence electrons. The number of ketones is 1. The summed E-state index contributed by atoms with van der Waals surface area (Å²) in [6.45, 7) is 0. The second-order valence-corrected chi connectivity index (χ2v) is 5.83. The van der Waals surface area contributed by atoms with E-state index in [9.17, 15) is 4.79 Å². The van der Waals surface area contributed by atoms with E-state index in [2.05, 4.69) is 20.9 Å². The van der Waals surface area contributed by atoms with E-state index in [-0.39, 0.29) is 5.78 Å². The lowest BCUT2D eigenvalue weighted by molar-refractivity contribution is 0.104. The monoisotopic (exact) mass is 363 g/mol. The molecule has 1 aromatic heterocycles. The SMILES string of the molecule is COc1ccc2[nH]cc(C(=O)c3ccc(Cl)c(Br)c3)c2c1. The minimum Gasteiger partial charge on any atom is -0.497 e. The zero-order chi connectivity index (χ0) is 15.0. The number of carbonyl (C=O) groups excluding carboxylic acids is 1. The van der Waals surface area contributed by atoms with Crippen LogP contribution in [-0.4, -0.2) is 17.9 Å². The number of benzene rings is 2. The van der Waals surface area contributed by atoms with Gasteiger partial charge >= 0.3 is 0 Å². The number of methoxy groups -OCH3 is 1. The number of ether oxygens (including phenoxy) is 1. The first-order valence-corrected chi connectivity index (χ1v) is 7.42. The molecule has 3 nitrogen and oxygen atoms in total. The van der Waals surface area contributed by atoms with Crippen molar-refractivity contribution in [2.45, 2.75) is 0 Å². The summed E-state index contributed by atoms with van der Waals surface area (Å²) in [5.74, 6) is 0.653.